The first-order chi connectivity index (χ1) is 9.10. The van der Waals surface area contributed by atoms with Crippen molar-refractivity contribution < 1.29 is 19.2 Å². The van der Waals surface area contributed by atoms with E-state index in [1.807, 2.05) is 31.2 Å². The predicted molar refractivity (Wildman–Crippen MR) is 67.0 cm³/mol. The summed E-state index contributed by atoms with van der Waals surface area (Å²) in [6.07, 6.45) is 0.935. The predicted octanol–water partition coefficient (Wildman–Crippen LogP) is 0.860. The molecule has 1 aromatic rings. The maximum atomic E-state index is 11.7. The summed E-state index contributed by atoms with van der Waals surface area (Å²) in [4.78, 5) is 27.6. The lowest BCUT2D eigenvalue weighted by atomic mass is 10.1. The third-order valence-electron chi connectivity index (χ3n) is 2.47. The van der Waals surface area contributed by atoms with Gasteiger partial charge in [-0.05, 0) is 6.92 Å². The fraction of sp³-hybridized carbons (Fsp3) is 0.154. The number of carbonyl (C=O) groups is 2. The second-order valence-electron chi connectivity index (χ2n) is 3.88. The number of benzene rings is 1. The van der Waals surface area contributed by atoms with Crippen LogP contribution in [0.25, 0.3) is 0 Å². The Kier molecular flexibility index (Phi) is 3.61. The number of hydrogen-bond donors (Lipinski definition) is 1. The van der Waals surface area contributed by atoms with Crippen LogP contribution in [-0.2, 0) is 19.2 Å². The summed E-state index contributed by atoms with van der Waals surface area (Å²) in [5.41, 5.74) is 1.81. The van der Waals surface area contributed by atoms with Crippen molar-refractivity contribution in [1.29, 1.82) is 0 Å². The van der Waals surface area contributed by atoms with Gasteiger partial charge in [0.1, 0.15) is 0 Å². The molecule has 1 N–H and O–H groups in total. The lowest BCUT2D eigenvalue weighted by Crippen LogP contribution is -2.36. The lowest BCUT2D eigenvalue weighted by molar-refractivity contribution is -0.135. The fourth-order valence-corrected chi connectivity index (χ4v) is 1.42. The summed E-state index contributed by atoms with van der Waals surface area (Å²) in [5.74, 6) is -1.13. The minimum atomic E-state index is -0.681. The van der Waals surface area contributed by atoms with Crippen molar-refractivity contribution in [3.05, 3.63) is 47.2 Å². The molecule has 19 heavy (non-hydrogen) atoms. The lowest BCUT2D eigenvalue weighted by Gasteiger charge is -2.14. The average Bonchev–Trinajstić information content (AvgIpc) is 2.41. The van der Waals surface area contributed by atoms with Gasteiger partial charge < -0.3 is 14.9 Å². The highest BCUT2D eigenvalue weighted by Gasteiger charge is 2.22. The van der Waals surface area contributed by atoms with Crippen molar-refractivity contribution >= 4 is 17.7 Å². The van der Waals surface area contributed by atoms with Crippen LogP contribution in [-0.4, -0.2) is 24.8 Å². The summed E-state index contributed by atoms with van der Waals surface area (Å²) >= 11 is 0. The molecule has 1 aromatic carbocycles. The SMILES string of the molecule is COC(=O)/C=C1/ON=C(c2ccc(C)cc2)NC1=O. The first-order valence-electron chi connectivity index (χ1n) is 5.53. The van der Waals surface area contributed by atoms with Gasteiger partial charge in [0.05, 0.1) is 13.2 Å². The van der Waals surface area contributed by atoms with Crippen LogP contribution in [0.4, 0.5) is 0 Å². The molecule has 1 aliphatic heterocycles. The average molecular weight is 260 g/mol. The van der Waals surface area contributed by atoms with E-state index in [4.69, 9.17) is 4.84 Å². The van der Waals surface area contributed by atoms with Gasteiger partial charge in [0, 0.05) is 5.56 Å². The number of methoxy groups -OCH3 is 1. The summed E-state index contributed by atoms with van der Waals surface area (Å²) in [6, 6.07) is 7.41. The minimum Gasteiger partial charge on any atom is -0.466 e. The Labute approximate surface area is 109 Å². The zero-order valence-corrected chi connectivity index (χ0v) is 10.5. The molecule has 0 atom stereocenters. The number of ether oxygens (including phenoxy) is 1. The molecular weight excluding hydrogens is 248 g/mol. The second kappa shape index (κ2) is 5.34. The van der Waals surface area contributed by atoms with E-state index in [0.717, 1.165) is 17.2 Å². The summed E-state index contributed by atoms with van der Waals surface area (Å²) in [5, 5.41) is 6.30. The normalized spacial score (nSPS) is 16.4. The Bertz CT molecular complexity index is 573. The van der Waals surface area contributed by atoms with Crippen molar-refractivity contribution in [2.24, 2.45) is 5.16 Å². The number of hydrogen-bond acceptors (Lipinski definition) is 5. The van der Waals surface area contributed by atoms with E-state index in [2.05, 4.69) is 15.2 Å². The highest BCUT2D eigenvalue weighted by molar-refractivity contribution is 6.14. The van der Waals surface area contributed by atoms with Crippen LogP contribution >= 0.6 is 0 Å². The number of nitrogens with one attached hydrogen (secondary N) is 1. The number of amidine groups is 1. The first-order valence-corrected chi connectivity index (χ1v) is 5.53. The first kappa shape index (κ1) is 12.8. The standard InChI is InChI=1S/C13H12N2O4/c1-8-3-5-9(6-4-8)12-14-13(17)10(19-15-12)7-11(16)18-2/h3-7H,1-2H3,(H,14,15,17)/b10-7+. The molecule has 2 rings (SSSR count). The van der Waals surface area contributed by atoms with E-state index in [0.29, 0.717) is 5.84 Å². The molecule has 0 aromatic heterocycles. The highest BCUT2D eigenvalue weighted by Crippen LogP contribution is 2.10. The Hall–Kier alpha value is -2.63. The maximum absolute atomic E-state index is 11.7. The van der Waals surface area contributed by atoms with E-state index in [9.17, 15) is 9.59 Å². The maximum Gasteiger partial charge on any atom is 0.334 e. The molecule has 0 unspecified atom stereocenters. The molecule has 6 nitrogen and oxygen atoms in total. The smallest absolute Gasteiger partial charge is 0.334 e. The molecule has 0 saturated heterocycles. The quantitative estimate of drug-likeness (QED) is 0.632. The van der Waals surface area contributed by atoms with Gasteiger partial charge in [0.15, 0.2) is 5.84 Å². The number of oxime groups is 1. The third-order valence-corrected chi connectivity index (χ3v) is 2.47. The van der Waals surface area contributed by atoms with Gasteiger partial charge in [-0.1, -0.05) is 35.0 Å². The number of carbonyl (C=O) groups excluding carboxylic acids is 2. The van der Waals surface area contributed by atoms with Crippen LogP contribution in [0, 0.1) is 6.92 Å². The van der Waals surface area contributed by atoms with Gasteiger partial charge in [0.2, 0.25) is 5.76 Å². The molecule has 0 bridgehead atoms. The number of nitrogens with zero attached hydrogens (tertiary/aromatic N) is 1. The number of rotatable bonds is 2. The van der Waals surface area contributed by atoms with E-state index >= 15 is 0 Å². The van der Waals surface area contributed by atoms with Crippen LogP contribution in [0.15, 0.2) is 41.3 Å². The zero-order chi connectivity index (χ0) is 13.8. The molecular formula is C13H12N2O4. The van der Waals surface area contributed by atoms with Crippen LogP contribution < -0.4 is 5.32 Å². The molecule has 1 aliphatic rings. The van der Waals surface area contributed by atoms with Gasteiger partial charge in [0.25, 0.3) is 5.91 Å². The van der Waals surface area contributed by atoms with Crippen molar-refractivity contribution in [3.63, 3.8) is 0 Å². The monoisotopic (exact) mass is 260 g/mol. The van der Waals surface area contributed by atoms with E-state index < -0.39 is 11.9 Å². The van der Waals surface area contributed by atoms with Gasteiger partial charge >= 0.3 is 5.97 Å². The van der Waals surface area contributed by atoms with Crippen molar-refractivity contribution in [1.82, 2.24) is 5.32 Å². The number of esters is 1. The minimum absolute atomic E-state index is 0.206. The molecule has 0 aliphatic carbocycles. The Morgan fingerprint density at radius 1 is 1.37 bits per heavy atom. The second-order valence-corrected chi connectivity index (χ2v) is 3.88. The molecule has 0 radical (unpaired) electrons. The van der Waals surface area contributed by atoms with Crippen LogP contribution in [0.5, 0.6) is 0 Å². The molecule has 6 heteroatoms. The van der Waals surface area contributed by atoms with Crippen molar-refractivity contribution in [2.45, 2.75) is 6.92 Å². The summed E-state index contributed by atoms with van der Waals surface area (Å²) in [7, 11) is 1.21. The topological polar surface area (TPSA) is 77.0 Å². The van der Waals surface area contributed by atoms with Crippen molar-refractivity contribution in [2.75, 3.05) is 7.11 Å². The largest absolute Gasteiger partial charge is 0.466 e. The molecule has 0 fully saturated rings. The van der Waals surface area contributed by atoms with E-state index in [-0.39, 0.29) is 5.76 Å². The Morgan fingerprint density at radius 2 is 2.05 bits per heavy atom. The Balaban J connectivity index is 2.20. The molecule has 98 valence electrons. The molecule has 1 amide bonds. The molecule has 0 spiro atoms. The molecule has 0 saturated carbocycles. The van der Waals surface area contributed by atoms with Gasteiger partial charge in [-0.3, -0.25) is 4.79 Å². The zero-order valence-electron chi connectivity index (χ0n) is 10.5. The highest BCUT2D eigenvalue weighted by atomic mass is 16.6. The summed E-state index contributed by atoms with van der Waals surface area (Å²) < 4.78 is 4.40. The van der Waals surface area contributed by atoms with E-state index in [1.54, 1.807) is 0 Å². The van der Waals surface area contributed by atoms with Crippen molar-refractivity contribution in [3.8, 4) is 0 Å². The van der Waals surface area contributed by atoms with Crippen LogP contribution in [0.3, 0.4) is 0 Å². The van der Waals surface area contributed by atoms with Gasteiger partial charge in [-0.25, -0.2) is 4.79 Å². The van der Waals surface area contributed by atoms with Gasteiger partial charge in [-0.15, -0.1) is 0 Å². The van der Waals surface area contributed by atoms with E-state index in [1.165, 1.54) is 7.11 Å². The van der Waals surface area contributed by atoms with Crippen LogP contribution in [0.1, 0.15) is 11.1 Å². The summed E-state index contributed by atoms with van der Waals surface area (Å²) in [6.45, 7) is 1.96. The third kappa shape index (κ3) is 2.98. The van der Waals surface area contributed by atoms with Gasteiger partial charge in [-0.2, -0.15) is 0 Å². The molecule has 1 heterocycles. The van der Waals surface area contributed by atoms with Crippen LogP contribution in [0.2, 0.25) is 0 Å². The number of amides is 1. The Morgan fingerprint density at radius 3 is 2.63 bits per heavy atom. The fourth-order valence-electron chi connectivity index (χ4n) is 1.42. The number of aryl methyl sites for hydroxylation is 1.